The van der Waals surface area contributed by atoms with Gasteiger partial charge >= 0.3 is 17.9 Å². The van der Waals surface area contributed by atoms with Gasteiger partial charge in [-0.15, -0.1) is 0 Å². The van der Waals surface area contributed by atoms with Gasteiger partial charge in [-0.1, -0.05) is 23.2 Å². The van der Waals surface area contributed by atoms with Crippen LogP contribution in [0.3, 0.4) is 0 Å². The van der Waals surface area contributed by atoms with E-state index in [2.05, 4.69) is 5.32 Å². The first-order valence-corrected chi connectivity index (χ1v) is 7.02. The summed E-state index contributed by atoms with van der Waals surface area (Å²) in [7, 11) is 0. The number of carbonyl (C=O) groups excluding carboxylic acids is 2. The van der Waals surface area contributed by atoms with Crippen molar-refractivity contribution >= 4 is 46.8 Å². The second-order valence-electron chi connectivity index (χ2n) is 4.98. The van der Waals surface area contributed by atoms with Gasteiger partial charge in [-0.3, -0.25) is 0 Å². The maximum Gasteiger partial charge on any atom is 0.350 e. The monoisotopic (exact) mass is 359 g/mol. The van der Waals surface area contributed by atoms with Gasteiger partial charge in [0.2, 0.25) is 0 Å². The van der Waals surface area contributed by atoms with Gasteiger partial charge in [0.25, 0.3) is 5.79 Å². The number of nitrogens with one attached hydrogen (secondary N) is 1. The van der Waals surface area contributed by atoms with E-state index < -0.39 is 23.7 Å². The number of carboxylic acids is 1. The first-order chi connectivity index (χ1) is 10.6. The van der Waals surface area contributed by atoms with E-state index >= 15 is 0 Å². The fraction of sp³-hybridized carbons (Fsp3) is 0.214. The summed E-state index contributed by atoms with van der Waals surface area (Å²) in [5, 5.41) is 11.3. The molecular formula is C14H11Cl2NO6. The molecule has 0 aliphatic carbocycles. The van der Waals surface area contributed by atoms with E-state index in [4.69, 9.17) is 37.8 Å². The number of cyclic esters (lactones) is 2. The zero-order valence-electron chi connectivity index (χ0n) is 12.0. The Hall–Kier alpha value is -2.25. The molecule has 7 nitrogen and oxygen atoms in total. The topological polar surface area (TPSA) is 102 Å². The van der Waals surface area contributed by atoms with Gasteiger partial charge in [-0.2, -0.15) is 0 Å². The Balaban J connectivity index is 2.27. The molecule has 0 bridgehead atoms. The molecule has 0 spiro atoms. The summed E-state index contributed by atoms with van der Waals surface area (Å²) in [5.74, 6) is -4.29. The van der Waals surface area contributed by atoms with Crippen molar-refractivity contribution in [3.05, 3.63) is 39.5 Å². The number of esters is 2. The lowest BCUT2D eigenvalue weighted by Crippen LogP contribution is -2.42. The molecule has 0 unspecified atom stereocenters. The number of benzene rings is 1. The largest absolute Gasteiger partial charge is 0.478 e. The molecule has 9 heteroatoms. The van der Waals surface area contributed by atoms with Gasteiger partial charge in [-0.05, 0) is 12.1 Å². The normalized spacial score (nSPS) is 16.4. The fourth-order valence-electron chi connectivity index (χ4n) is 1.75. The molecule has 0 atom stereocenters. The van der Waals surface area contributed by atoms with Crippen molar-refractivity contribution in [3.63, 3.8) is 0 Å². The molecular weight excluding hydrogens is 349 g/mol. The van der Waals surface area contributed by atoms with Crippen molar-refractivity contribution in [2.45, 2.75) is 19.6 Å². The van der Waals surface area contributed by atoms with Gasteiger partial charge in [0, 0.05) is 20.0 Å². The van der Waals surface area contributed by atoms with Crippen LogP contribution in [0, 0.1) is 0 Å². The van der Waals surface area contributed by atoms with Crippen molar-refractivity contribution in [2.24, 2.45) is 0 Å². The highest BCUT2D eigenvalue weighted by Gasteiger charge is 2.39. The molecule has 122 valence electrons. The molecule has 0 amide bonds. The third-order valence-corrected chi connectivity index (χ3v) is 3.68. The lowest BCUT2D eigenvalue weighted by Gasteiger charge is -2.29. The fourth-order valence-corrected chi connectivity index (χ4v) is 2.22. The summed E-state index contributed by atoms with van der Waals surface area (Å²) < 4.78 is 9.85. The lowest BCUT2D eigenvalue weighted by atomic mass is 10.2. The van der Waals surface area contributed by atoms with E-state index in [-0.39, 0.29) is 26.9 Å². The number of aromatic carboxylic acids is 1. The highest BCUT2D eigenvalue weighted by molar-refractivity contribution is 6.45. The highest BCUT2D eigenvalue weighted by atomic mass is 35.5. The van der Waals surface area contributed by atoms with Crippen molar-refractivity contribution in [2.75, 3.05) is 5.32 Å². The van der Waals surface area contributed by atoms with Gasteiger partial charge in [0.1, 0.15) is 0 Å². The SMILES string of the molecule is CC1(C)OC(=O)C(=CNc2ccc(C(=O)O)c(Cl)c2Cl)C(=O)O1. The predicted molar refractivity (Wildman–Crippen MR) is 81.4 cm³/mol. The number of anilines is 1. The number of hydrogen-bond donors (Lipinski definition) is 2. The molecule has 2 N–H and O–H groups in total. The number of carbonyl (C=O) groups is 3. The minimum absolute atomic E-state index is 0.0682. The molecule has 1 saturated heterocycles. The van der Waals surface area contributed by atoms with Crippen LogP contribution < -0.4 is 5.32 Å². The molecule has 1 aliphatic heterocycles. The molecule has 1 fully saturated rings. The maximum atomic E-state index is 11.8. The van der Waals surface area contributed by atoms with Gasteiger partial charge < -0.3 is 19.9 Å². The van der Waals surface area contributed by atoms with E-state index in [0.29, 0.717) is 0 Å². The van der Waals surface area contributed by atoms with Gasteiger partial charge in [0.15, 0.2) is 5.57 Å². The van der Waals surface area contributed by atoms with Crippen LogP contribution in [-0.2, 0) is 19.1 Å². The van der Waals surface area contributed by atoms with Crippen LogP contribution in [0.1, 0.15) is 24.2 Å². The van der Waals surface area contributed by atoms with Crippen LogP contribution in [-0.4, -0.2) is 28.8 Å². The second kappa shape index (κ2) is 6.10. The highest BCUT2D eigenvalue weighted by Crippen LogP contribution is 2.33. The maximum absolute atomic E-state index is 11.8. The van der Waals surface area contributed by atoms with Crippen molar-refractivity contribution in [3.8, 4) is 0 Å². The first-order valence-electron chi connectivity index (χ1n) is 6.27. The molecule has 0 radical (unpaired) electrons. The molecule has 1 aromatic carbocycles. The minimum atomic E-state index is -1.34. The molecule has 0 aromatic heterocycles. The smallest absolute Gasteiger partial charge is 0.350 e. The Morgan fingerprint density at radius 2 is 1.74 bits per heavy atom. The van der Waals surface area contributed by atoms with Crippen LogP contribution in [0.25, 0.3) is 0 Å². The summed E-state index contributed by atoms with van der Waals surface area (Å²) in [5.41, 5.74) is -0.327. The zero-order valence-corrected chi connectivity index (χ0v) is 13.5. The van der Waals surface area contributed by atoms with Crippen molar-refractivity contribution in [1.82, 2.24) is 0 Å². The number of carboxylic acid groups (broad SMARTS) is 1. The quantitative estimate of drug-likeness (QED) is 0.485. The standard InChI is InChI=1S/C14H11Cl2NO6/c1-14(2)22-12(20)7(13(21)23-14)5-17-8-4-3-6(11(18)19)9(15)10(8)16/h3-5,17H,1-2H3,(H,18,19). The minimum Gasteiger partial charge on any atom is -0.478 e. The average Bonchev–Trinajstić information content (AvgIpc) is 2.40. The van der Waals surface area contributed by atoms with Gasteiger partial charge in [-0.25, -0.2) is 14.4 Å². The van der Waals surface area contributed by atoms with E-state index in [9.17, 15) is 14.4 Å². The molecule has 1 heterocycles. The summed E-state index contributed by atoms with van der Waals surface area (Å²) in [6, 6.07) is 2.58. The predicted octanol–water partition coefficient (Wildman–Crippen LogP) is 2.82. The number of hydrogen-bond acceptors (Lipinski definition) is 6. The zero-order chi connectivity index (χ0) is 17.4. The number of halogens is 2. The molecule has 23 heavy (non-hydrogen) atoms. The Kier molecular flexibility index (Phi) is 4.53. The van der Waals surface area contributed by atoms with Crippen molar-refractivity contribution < 1.29 is 29.0 Å². The number of ether oxygens (including phenoxy) is 2. The van der Waals surface area contributed by atoms with E-state index in [1.54, 1.807) is 0 Å². The third-order valence-electron chi connectivity index (χ3n) is 2.80. The average molecular weight is 360 g/mol. The Morgan fingerprint density at radius 1 is 1.17 bits per heavy atom. The summed E-state index contributed by atoms with van der Waals surface area (Å²) in [6.45, 7) is 2.85. The van der Waals surface area contributed by atoms with Crippen molar-refractivity contribution in [1.29, 1.82) is 0 Å². The second-order valence-corrected chi connectivity index (χ2v) is 5.73. The van der Waals surface area contributed by atoms with Crippen LogP contribution >= 0.6 is 23.2 Å². The summed E-state index contributed by atoms with van der Waals surface area (Å²) >= 11 is 11.8. The molecule has 2 rings (SSSR count). The van der Waals surface area contributed by atoms with Crippen LogP contribution in [0.15, 0.2) is 23.9 Å². The summed E-state index contributed by atoms with van der Waals surface area (Å²) in [4.78, 5) is 34.5. The Labute approximate surface area is 140 Å². The number of rotatable bonds is 3. The molecule has 1 aliphatic rings. The van der Waals surface area contributed by atoms with Crippen LogP contribution in [0.2, 0.25) is 10.0 Å². The first kappa shape index (κ1) is 17.1. The molecule has 0 saturated carbocycles. The lowest BCUT2D eigenvalue weighted by molar-refractivity contribution is -0.222. The van der Waals surface area contributed by atoms with E-state index in [1.807, 2.05) is 0 Å². The van der Waals surface area contributed by atoms with Crippen LogP contribution in [0.4, 0.5) is 5.69 Å². The Bertz CT molecular complexity index is 719. The Morgan fingerprint density at radius 3 is 2.26 bits per heavy atom. The summed E-state index contributed by atoms with van der Waals surface area (Å²) in [6.07, 6.45) is 1.05. The van der Waals surface area contributed by atoms with Crippen LogP contribution in [0.5, 0.6) is 0 Å². The molecule has 1 aromatic rings. The van der Waals surface area contributed by atoms with Gasteiger partial charge in [0.05, 0.1) is 21.3 Å². The van der Waals surface area contributed by atoms with E-state index in [0.717, 1.165) is 6.20 Å². The van der Waals surface area contributed by atoms with E-state index in [1.165, 1.54) is 26.0 Å². The third kappa shape index (κ3) is 3.57.